The molecule has 2 aromatic rings. The molecule has 0 unspecified atom stereocenters. The lowest BCUT2D eigenvalue weighted by molar-refractivity contribution is 0.579. The smallest absolute Gasteiger partial charge is 0.243 e. The molecule has 0 saturated heterocycles. The minimum Gasteiger partial charge on any atom is -0.368 e. The molecule has 0 bridgehead atoms. The topological polar surface area (TPSA) is 124 Å². The predicted molar refractivity (Wildman–Crippen MR) is 62.5 cm³/mol. The van der Waals surface area contributed by atoms with Crippen LogP contribution in [0.25, 0.3) is 0 Å². The number of anilines is 1. The molecule has 0 aliphatic carbocycles. The molecule has 0 saturated carbocycles. The van der Waals surface area contributed by atoms with Crippen molar-refractivity contribution in [2.45, 2.75) is 11.4 Å². The highest BCUT2D eigenvalue weighted by molar-refractivity contribution is 7.89. The van der Waals surface area contributed by atoms with Crippen molar-refractivity contribution < 1.29 is 8.42 Å². The Hall–Kier alpha value is -2.13. The third-order valence-corrected chi connectivity index (χ3v) is 3.40. The molecule has 0 aliphatic heterocycles. The lowest BCUT2D eigenvalue weighted by Crippen LogP contribution is -2.24. The van der Waals surface area contributed by atoms with Gasteiger partial charge >= 0.3 is 0 Å². The van der Waals surface area contributed by atoms with Crippen LogP contribution in [0.5, 0.6) is 0 Å². The van der Waals surface area contributed by atoms with E-state index in [1.165, 1.54) is 12.5 Å². The van der Waals surface area contributed by atoms with E-state index in [9.17, 15) is 8.42 Å². The van der Waals surface area contributed by atoms with Crippen molar-refractivity contribution in [1.82, 2.24) is 24.7 Å². The predicted octanol–water partition coefficient (Wildman–Crippen LogP) is -0.673. The van der Waals surface area contributed by atoms with Crippen LogP contribution in [-0.2, 0) is 16.6 Å². The molecule has 2 rings (SSSR count). The van der Waals surface area contributed by atoms with Crippen LogP contribution in [0.4, 0.5) is 5.95 Å². The fourth-order valence-electron chi connectivity index (χ4n) is 1.14. The van der Waals surface area contributed by atoms with Crippen LogP contribution in [0.15, 0.2) is 35.9 Å². The number of hydrogen-bond acceptors (Lipinski definition) is 7. The van der Waals surface area contributed by atoms with Gasteiger partial charge in [-0.15, -0.1) is 0 Å². The van der Waals surface area contributed by atoms with E-state index >= 15 is 0 Å². The molecule has 3 N–H and O–H groups in total. The van der Waals surface area contributed by atoms with Gasteiger partial charge in [0.15, 0.2) is 0 Å². The van der Waals surface area contributed by atoms with E-state index in [-0.39, 0.29) is 17.4 Å². The lowest BCUT2D eigenvalue weighted by atomic mass is 10.4. The Morgan fingerprint density at radius 2 is 1.94 bits per heavy atom. The SMILES string of the molecule is Nc1ncc(S(=O)(=O)NCc2ccncn2)cn1. The summed E-state index contributed by atoms with van der Waals surface area (Å²) in [6.07, 6.45) is 5.16. The number of nitrogen functional groups attached to an aromatic ring is 1. The summed E-state index contributed by atoms with van der Waals surface area (Å²) in [6, 6.07) is 1.61. The zero-order valence-corrected chi connectivity index (χ0v) is 10.0. The zero-order chi connectivity index (χ0) is 13.0. The zero-order valence-electron chi connectivity index (χ0n) is 9.18. The van der Waals surface area contributed by atoms with Gasteiger partial charge in [-0.1, -0.05) is 0 Å². The first-order valence-corrected chi connectivity index (χ1v) is 6.38. The highest BCUT2D eigenvalue weighted by atomic mass is 32.2. The van der Waals surface area contributed by atoms with E-state index < -0.39 is 10.0 Å². The molecule has 0 radical (unpaired) electrons. The van der Waals surface area contributed by atoms with Crippen LogP contribution in [-0.4, -0.2) is 28.4 Å². The average molecular weight is 266 g/mol. The quantitative estimate of drug-likeness (QED) is 0.751. The molecule has 8 nitrogen and oxygen atoms in total. The van der Waals surface area contributed by atoms with Gasteiger partial charge in [-0.05, 0) is 6.07 Å². The second kappa shape index (κ2) is 5.02. The van der Waals surface area contributed by atoms with Crippen molar-refractivity contribution in [2.75, 3.05) is 5.73 Å². The Labute approximate surface area is 103 Å². The maximum atomic E-state index is 11.8. The second-order valence-corrected chi connectivity index (χ2v) is 5.07. The van der Waals surface area contributed by atoms with Crippen molar-refractivity contribution >= 4 is 16.0 Å². The summed E-state index contributed by atoms with van der Waals surface area (Å²) in [6.45, 7) is 0.0647. The molecule has 94 valence electrons. The minimum absolute atomic E-state index is 0.0183. The largest absolute Gasteiger partial charge is 0.368 e. The van der Waals surface area contributed by atoms with E-state index in [2.05, 4.69) is 24.7 Å². The maximum absolute atomic E-state index is 11.8. The molecular weight excluding hydrogens is 256 g/mol. The molecule has 0 amide bonds. The number of nitrogens with one attached hydrogen (secondary N) is 1. The normalized spacial score (nSPS) is 11.3. The summed E-state index contributed by atoms with van der Waals surface area (Å²) in [5.74, 6) is 0.0183. The molecular formula is C9H10N6O2S. The number of sulfonamides is 1. The summed E-state index contributed by atoms with van der Waals surface area (Å²) >= 11 is 0. The van der Waals surface area contributed by atoms with Gasteiger partial charge in [0.25, 0.3) is 0 Å². The monoisotopic (exact) mass is 266 g/mol. The van der Waals surface area contributed by atoms with Gasteiger partial charge in [0.1, 0.15) is 11.2 Å². The van der Waals surface area contributed by atoms with Crippen molar-refractivity contribution in [2.24, 2.45) is 0 Å². The lowest BCUT2D eigenvalue weighted by Gasteiger charge is -2.05. The fraction of sp³-hybridized carbons (Fsp3) is 0.111. The van der Waals surface area contributed by atoms with Gasteiger partial charge in [-0.3, -0.25) is 0 Å². The van der Waals surface area contributed by atoms with Gasteiger partial charge in [-0.25, -0.2) is 33.1 Å². The molecule has 0 aliphatic rings. The summed E-state index contributed by atoms with van der Waals surface area (Å²) in [4.78, 5) is 14.8. The van der Waals surface area contributed by atoms with E-state index in [1.54, 1.807) is 6.07 Å². The molecule has 0 spiro atoms. The van der Waals surface area contributed by atoms with Gasteiger partial charge in [0.2, 0.25) is 16.0 Å². The van der Waals surface area contributed by atoms with Crippen LogP contribution >= 0.6 is 0 Å². The first kappa shape index (κ1) is 12.3. The van der Waals surface area contributed by atoms with E-state index in [0.29, 0.717) is 5.69 Å². The molecule has 9 heteroatoms. The summed E-state index contributed by atoms with van der Waals surface area (Å²) in [7, 11) is -3.67. The van der Waals surface area contributed by atoms with Crippen LogP contribution < -0.4 is 10.5 Å². The van der Waals surface area contributed by atoms with Crippen molar-refractivity contribution in [3.8, 4) is 0 Å². The highest BCUT2D eigenvalue weighted by Gasteiger charge is 2.14. The van der Waals surface area contributed by atoms with Crippen LogP contribution in [0.3, 0.4) is 0 Å². The number of nitrogens with two attached hydrogens (primary N) is 1. The fourth-order valence-corrected chi connectivity index (χ4v) is 2.03. The van der Waals surface area contributed by atoms with Crippen molar-refractivity contribution in [3.05, 3.63) is 36.7 Å². The number of nitrogens with zero attached hydrogens (tertiary/aromatic N) is 4. The Kier molecular flexibility index (Phi) is 3.44. The number of hydrogen-bond donors (Lipinski definition) is 2. The van der Waals surface area contributed by atoms with Crippen molar-refractivity contribution in [1.29, 1.82) is 0 Å². The van der Waals surface area contributed by atoms with Gasteiger partial charge < -0.3 is 5.73 Å². The summed E-state index contributed by atoms with van der Waals surface area (Å²) in [5.41, 5.74) is 5.84. The van der Waals surface area contributed by atoms with Gasteiger partial charge in [0.05, 0.1) is 24.6 Å². The van der Waals surface area contributed by atoms with Gasteiger partial charge in [-0.2, -0.15) is 0 Å². The summed E-state index contributed by atoms with van der Waals surface area (Å²) < 4.78 is 26.1. The Balaban J connectivity index is 2.11. The van der Waals surface area contributed by atoms with E-state index in [0.717, 1.165) is 12.4 Å². The Morgan fingerprint density at radius 1 is 1.22 bits per heavy atom. The molecule has 0 atom stereocenters. The van der Waals surface area contributed by atoms with Crippen LogP contribution in [0.2, 0.25) is 0 Å². The van der Waals surface area contributed by atoms with Gasteiger partial charge in [0, 0.05) is 6.20 Å². The molecule has 18 heavy (non-hydrogen) atoms. The Morgan fingerprint density at radius 3 is 2.56 bits per heavy atom. The molecule has 2 heterocycles. The minimum atomic E-state index is -3.67. The maximum Gasteiger partial charge on any atom is 0.243 e. The van der Waals surface area contributed by atoms with E-state index in [4.69, 9.17) is 5.73 Å². The molecule has 2 aromatic heterocycles. The standard InChI is InChI=1S/C9H10N6O2S/c10-9-12-4-8(5-13-9)18(16,17)15-3-7-1-2-11-6-14-7/h1-2,4-6,15H,3H2,(H2,10,12,13). The highest BCUT2D eigenvalue weighted by Crippen LogP contribution is 2.06. The first-order chi connectivity index (χ1) is 8.58. The van der Waals surface area contributed by atoms with Crippen LogP contribution in [0.1, 0.15) is 5.69 Å². The second-order valence-electron chi connectivity index (χ2n) is 3.30. The van der Waals surface area contributed by atoms with Crippen LogP contribution in [0, 0.1) is 0 Å². The average Bonchev–Trinajstić information content (AvgIpc) is 2.38. The Bertz CT molecular complexity index is 613. The third-order valence-electron chi connectivity index (χ3n) is 2.04. The number of rotatable bonds is 4. The van der Waals surface area contributed by atoms with E-state index in [1.807, 2.05) is 0 Å². The third kappa shape index (κ3) is 2.96. The summed E-state index contributed by atoms with van der Waals surface area (Å²) in [5, 5.41) is 0. The first-order valence-electron chi connectivity index (χ1n) is 4.90. The molecule has 0 fully saturated rings. The number of aromatic nitrogens is 4. The molecule has 0 aromatic carbocycles. The van der Waals surface area contributed by atoms with Crippen molar-refractivity contribution in [3.63, 3.8) is 0 Å².